The Morgan fingerprint density at radius 2 is 1.73 bits per heavy atom. The summed E-state index contributed by atoms with van der Waals surface area (Å²) in [4.78, 5) is 39.6. The van der Waals surface area contributed by atoms with Crippen molar-refractivity contribution in [2.45, 2.75) is 178 Å². The molecule has 3 unspecified atom stereocenters. The Hall–Kier alpha value is -2.39. The van der Waals surface area contributed by atoms with Crippen LogP contribution < -0.4 is 0 Å². The third kappa shape index (κ3) is 11.5. The summed E-state index contributed by atoms with van der Waals surface area (Å²) in [6.07, 6.45) is 5.56. The summed E-state index contributed by atoms with van der Waals surface area (Å²) in [6.45, 7) is 7.32. The van der Waals surface area contributed by atoms with Gasteiger partial charge in [-0.2, -0.15) is 0 Å². The van der Waals surface area contributed by atoms with Gasteiger partial charge in [-0.1, -0.05) is 52.5 Å². The van der Waals surface area contributed by atoms with Crippen molar-refractivity contribution in [1.29, 1.82) is 0 Å². The second kappa shape index (κ2) is 19.1. The number of ether oxygens (including phenoxy) is 7. The van der Waals surface area contributed by atoms with Gasteiger partial charge in [0.15, 0.2) is 12.4 Å². The van der Waals surface area contributed by atoms with Crippen molar-refractivity contribution in [3.8, 4) is 0 Å². The molecule has 4 heterocycles. The van der Waals surface area contributed by atoms with E-state index in [0.29, 0.717) is 25.9 Å². The summed E-state index contributed by atoms with van der Waals surface area (Å²) in [7, 11) is 1.18. The molecule has 4 rings (SSSR count). The monoisotopic (exact) mass is 724 g/mol. The van der Waals surface area contributed by atoms with Crippen LogP contribution >= 0.6 is 0 Å². The molecule has 0 aromatic rings. The molecule has 51 heavy (non-hydrogen) atoms. The van der Waals surface area contributed by atoms with Gasteiger partial charge < -0.3 is 48.5 Å². The van der Waals surface area contributed by atoms with Crippen LogP contribution in [0.25, 0.3) is 0 Å². The molecule has 3 N–H and O–H groups in total. The number of hydrogen-bond acceptors (Lipinski definition) is 13. The number of carbonyl (C=O) groups excluding carboxylic acids is 3. The molecule has 2 fully saturated rings. The Morgan fingerprint density at radius 1 is 1.02 bits per heavy atom. The molecule has 0 saturated carbocycles. The molecule has 4 aliphatic rings. The lowest BCUT2D eigenvalue weighted by Crippen LogP contribution is -2.62. The smallest absolute Gasteiger partial charge is 0.337 e. The topological polar surface area (TPSA) is 177 Å². The SMILES string of the molecule is CCCCCCCC(=O)O[C@H]1C(C(=O)OC)=CC2C[C@H](C(C)O)OC(=O)C[C@H](O)C[C@@H]3CCC[C@H](C[C@@H]4CCO[C@H](/C=C/C(C)(C)C1(O)O2)O4)O3. The highest BCUT2D eigenvalue weighted by atomic mass is 16.7. The van der Waals surface area contributed by atoms with Crippen LogP contribution in [0.1, 0.15) is 118 Å². The van der Waals surface area contributed by atoms with E-state index in [1.165, 1.54) is 20.1 Å². The number of methoxy groups -OCH3 is 1. The highest BCUT2D eigenvalue weighted by molar-refractivity contribution is 5.90. The summed E-state index contributed by atoms with van der Waals surface area (Å²) < 4.78 is 41.5. The molecule has 4 aliphatic heterocycles. The van der Waals surface area contributed by atoms with E-state index in [4.69, 9.17) is 33.2 Å². The lowest BCUT2D eigenvalue weighted by atomic mass is 9.75. The first-order valence-electron chi connectivity index (χ1n) is 18.8. The van der Waals surface area contributed by atoms with Gasteiger partial charge in [-0.05, 0) is 57.6 Å². The molecule has 0 radical (unpaired) electrons. The van der Waals surface area contributed by atoms with E-state index in [2.05, 4.69) is 6.92 Å². The Labute approximate surface area is 302 Å². The van der Waals surface area contributed by atoms with Gasteiger partial charge in [-0.3, -0.25) is 9.59 Å². The van der Waals surface area contributed by atoms with Crippen molar-refractivity contribution in [3.63, 3.8) is 0 Å². The van der Waals surface area contributed by atoms with Crippen LogP contribution in [-0.2, 0) is 47.5 Å². The van der Waals surface area contributed by atoms with Crippen LogP contribution in [-0.4, -0.2) is 108 Å². The van der Waals surface area contributed by atoms with E-state index in [1.54, 1.807) is 26.0 Å². The molecule has 0 aromatic heterocycles. The molecule has 0 amide bonds. The second-order valence-corrected chi connectivity index (χ2v) is 15.0. The van der Waals surface area contributed by atoms with Gasteiger partial charge in [0, 0.05) is 24.7 Å². The van der Waals surface area contributed by atoms with Crippen molar-refractivity contribution in [1.82, 2.24) is 0 Å². The predicted octanol–water partition coefficient (Wildman–Crippen LogP) is 4.32. The van der Waals surface area contributed by atoms with Crippen molar-refractivity contribution in [3.05, 3.63) is 23.8 Å². The Balaban J connectivity index is 1.70. The number of unbranched alkanes of at least 4 members (excludes halogenated alkanes) is 4. The average molecular weight is 725 g/mol. The van der Waals surface area contributed by atoms with Crippen molar-refractivity contribution < 1.29 is 62.9 Å². The molecule has 0 aliphatic carbocycles. The van der Waals surface area contributed by atoms with Crippen LogP contribution in [0.4, 0.5) is 0 Å². The average Bonchev–Trinajstić information content (AvgIpc) is 3.07. The van der Waals surface area contributed by atoms with E-state index < -0.39 is 65.9 Å². The van der Waals surface area contributed by atoms with Crippen LogP contribution in [0.3, 0.4) is 0 Å². The highest BCUT2D eigenvalue weighted by Gasteiger charge is 2.58. The summed E-state index contributed by atoms with van der Waals surface area (Å²) >= 11 is 0. The molecule has 2 saturated heterocycles. The molecule has 0 spiro atoms. The number of fused-ring (bicyclic) bond motifs is 6. The first-order valence-corrected chi connectivity index (χ1v) is 18.8. The van der Waals surface area contributed by atoms with Crippen molar-refractivity contribution in [2.75, 3.05) is 13.7 Å². The summed E-state index contributed by atoms with van der Waals surface area (Å²) in [5.41, 5.74) is -1.51. The number of aliphatic hydroxyl groups is 3. The van der Waals surface area contributed by atoms with Crippen LogP contribution in [0.2, 0.25) is 0 Å². The summed E-state index contributed by atoms with van der Waals surface area (Å²) in [5, 5.41) is 34.1. The summed E-state index contributed by atoms with van der Waals surface area (Å²) in [5.74, 6) is -4.54. The number of hydrogen-bond donors (Lipinski definition) is 3. The maximum absolute atomic E-state index is 13.3. The normalized spacial score (nSPS) is 36.1. The Bertz CT molecular complexity index is 1210. The van der Waals surface area contributed by atoms with E-state index >= 15 is 0 Å². The summed E-state index contributed by atoms with van der Waals surface area (Å²) in [6, 6.07) is 0. The first-order chi connectivity index (χ1) is 24.2. The largest absolute Gasteiger partial charge is 0.466 e. The number of rotatable bonds is 9. The van der Waals surface area contributed by atoms with Crippen molar-refractivity contribution in [2.24, 2.45) is 5.41 Å². The number of aliphatic hydroxyl groups excluding tert-OH is 2. The van der Waals surface area contributed by atoms with Gasteiger partial charge in [0.1, 0.15) is 6.10 Å². The van der Waals surface area contributed by atoms with Gasteiger partial charge in [0.05, 0.1) is 62.3 Å². The van der Waals surface area contributed by atoms with E-state index in [0.717, 1.165) is 44.9 Å². The lowest BCUT2D eigenvalue weighted by molar-refractivity contribution is -0.315. The van der Waals surface area contributed by atoms with Crippen molar-refractivity contribution >= 4 is 17.9 Å². The zero-order valence-corrected chi connectivity index (χ0v) is 31.0. The van der Waals surface area contributed by atoms with Gasteiger partial charge in [-0.25, -0.2) is 4.79 Å². The van der Waals surface area contributed by atoms with Crippen LogP contribution in [0.5, 0.6) is 0 Å². The van der Waals surface area contributed by atoms with E-state index in [1.807, 2.05) is 0 Å². The zero-order valence-electron chi connectivity index (χ0n) is 31.0. The molecule has 0 aromatic carbocycles. The van der Waals surface area contributed by atoms with Crippen LogP contribution in [0, 0.1) is 5.41 Å². The number of esters is 3. The highest BCUT2D eigenvalue weighted by Crippen LogP contribution is 2.45. The maximum atomic E-state index is 13.3. The van der Waals surface area contributed by atoms with E-state index in [-0.39, 0.29) is 49.6 Å². The third-order valence-electron chi connectivity index (χ3n) is 10.3. The zero-order chi connectivity index (χ0) is 37.2. The lowest BCUT2D eigenvalue weighted by Gasteiger charge is -2.49. The Morgan fingerprint density at radius 3 is 2.43 bits per heavy atom. The molecular formula is C38H60O13. The quantitative estimate of drug-likeness (QED) is 0.133. The standard InChI is InChI=1S/C38H60O13/c1-6-7-8-9-10-14-32(41)50-35-30(36(43)45-5)22-29-23-31(24(2)39)49-33(42)20-25(40)19-26-12-11-13-27(47-26)21-28-16-18-46-34(48-28)15-17-37(3,4)38(35,44)51-29/h15,17,22,24-29,31,34-35,39-40,44H,6-14,16,18-21,23H2,1-5H3/b17-15+/t24?,25-,26+,27-,28+,29?,31-,34+,35+,38?/m1/s1. The van der Waals surface area contributed by atoms with Gasteiger partial charge in [0.2, 0.25) is 5.79 Å². The van der Waals surface area contributed by atoms with Crippen LogP contribution in [0.15, 0.2) is 23.8 Å². The molecule has 290 valence electrons. The fourth-order valence-corrected chi connectivity index (χ4v) is 7.25. The maximum Gasteiger partial charge on any atom is 0.337 e. The van der Waals surface area contributed by atoms with Gasteiger partial charge in [-0.15, -0.1) is 0 Å². The third-order valence-corrected chi connectivity index (χ3v) is 10.3. The van der Waals surface area contributed by atoms with Gasteiger partial charge in [0.25, 0.3) is 0 Å². The second-order valence-electron chi connectivity index (χ2n) is 15.0. The fourth-order valence-electron chi connectivity index (χ4n) is 7.25. The molecule has 10 atom stereocenters. The number of carbonyl (C=O) groups is 3. The minimum absolute atomic E-state index is 0.0763. The Kier molecular flexibility index (Phi) is 15.5. The first kappa shape index (κ1) is 41.4. The predicted molar refractivity (Wildman–Crippen MR) is 184 cm³/mol. The minimum atomic E-state index is -2.35. The molecule has 13 nitrogen and oxygen atoms in total. The van der Waals surface area contributed by atoms with E-state index in [9.17, 15) is 29.7 Å². The fraction of sp³-hybridized carbons (Fsp3) is 0.816. The molecular weight excluding hydrogens is 664 g/mol. The van der Waals surface area contributed by atoms with Gasteiger partial charge >= 0.3 is 17.9 Å². The molecule has 6 bridgehead atoms. The molecule has 13 heteroatoms. The minimum Gasteiger partial charge on any atom is -0.466 e. The number of cyclic esters (lactones) is 1.